The number of hydrogen-bond acceptors (Lipinski definition) is 4. The van der Waals surface area contributed by atoms with Gasteiger partial charge in [0.1, 0.15) is 11.5 Å². The number of thiophene rings is 1. The number of nitrogens with one attached hydrogen (secondary N) is 1. The molecule has 1 amide bonds. The Bertz CT molecular complexity index is 813. The van der Waals surface area contributed by atoms with Gasteiger partial charge in [0.15, 0.2) is 5.16 Å². The van der Waals surface area contributed by atoms with E-state index in [4.69, 9.17) is 0 Å². The molecule has 2 heterocycles. The van der Waals surface area contributed by atoms with Crippen LogP contribution >= 0.6 is 23.1 Å². The topological polar surface area (TPSA) is 46.9 Å². The minimum atomic E-state index is -0.314. The second-order valence-corrected chi connectivity index (χ2v) is 6.63. The Hall–Kier alpha value is -2.12. The summed E-state index contributed by atoms with van der Waals surface area (Å²) in [7, 11) is 0. The fourth-order valence-electron chi connectivity index (χ4n) is 2.32. The van der Waals surface area contributed by atoms with Gasteiger partial charge in [-0.1, -0.05) is 11.8 Å². The van der Waals surface area contributed by atoms with Crippen LogP contribution in [0.15, 0.2) is 52.4 Å². The van der Waals surface area contributed by atoms with Crippen molar-refractivity contribution in [3.05, 3.63) is 64.4 Å². The standard InChI is InChI=1S/C17H16FN3OS2/c1-23-17-20-10-15(21(17)14-4-2-13(18)3-5-14)16(22)19-8-6-12-7-9-24-11-12/h2-5,7,9-11H,6,8H2,1H3,(H,19,22). The molecule has 0 atom stereocenters. The molecule has 3 rings (SSSR count). The lowest BCUT2D eigenvalue weighted by atomic mass is 10.2. The Morgan fingerprint density at radius 3 is 2.79 bits per heavy atom. The molecule has 124 valence electrons. The molecule has 0 aliphatic heterocycles. The number of amides is 1. The summed E-state index contributed by atoms with van der Waals surface area (Å²) in [6, 6.07) is 8.07. The lowest BCUT2D eigenvalue weighted by molar-refractivity contribution is 0.0947. The molecule has 7 heteroatoms. The SMILES string of the molecule is CSc1ncc(C(=O)NCCc2ccsc2)n1-c1ccc(F)cc1. The third-order valence-electron chi connectivity index (χ3n) is 3.51. The Labute approximate surface area is 147 Å². The van der Waals surface area contributed by atoms with Gasteiger partial charge in [-0.05, 0) is 59.3 Å². The van der Waals surface area contributed by atoms with E-state index in [2.05, 4.69) is 15.7 Å². The Kier molecular flexibility index (Phi) is 5.32. The van der Waals surface area contributed by atoms with Crippen molar-refractivity contribution in [1.29, 1.82) is 0 Å². The molecule has 1 aromatic carbocycles. The van der Waals surface area contributed by atoms with E-state index >= 15 is 0 Å². The number of thioether (sulfide) groups is 1. The van der Waals surface area contributed by atoms with E-state index in [1.807, 2.05) is 17.7 Å². The van der Waals surface area contributed by atoms with Crippen molar-refractivity contribution in [2.45, 2.75) is 11.6 Å². The largest absolute Gasteiger partial charge is 0.350 e. The van der Waals surface area contributed by atoms with Gasteiger partial charge in [-0.25, -0.2) is 9.37 Å². The Morgan fingerprint density at radius 2 is 2.12 bits per heavy atom. The molecule has 0 saturated carbocycles. The molecular weight excluding hydrogens is 345 g/mol. The van der Waals surface area contributed by atoms with Crippen LogP contribution in [-0.2, 0) is 6.42 Å². The highest BCUT2D eigenvalue weighted by atomic mass is 32.2. The van der Waals surface area contributed by atoms with Crippen LogP contribution in [0.1, 0.15) is 16.1 Å². The molecule has 0 aliphatic carbocycles. The summed E-state index contributed by atoms with van der Waals surface area (Å²) in [5, 5.41) is 7.69. The summed E-state index contributed by atoms with van der Waals surface area (Å²) in [6.07, 6.45) is 4.23. The summed E-state index contributed by atoms with van der Waals surface area (Å²) in [5.41, 5.74) is 2.36. The normalized spacial score (nSPS) is 10.8. The van der Waals surface area contributed by atoms with Gasteiger partial charge in [-0.3, -0.25) is 9.36 Å². The number of hydrogen-bond donors (Lipinski definition) is 1. The zero-order valence-corrected chi connectivity index (χ0v) is 14.7. The fraction of sp³-hybridized carbons (Fsp3) is 0.176. The van der Waals surface area contributed by atoms with E-state index in [-0.39, 0.29) is 11.7 Å². The molecule has 24 heavy (non-hydrogen) atoms. The summed E-state index contributed by atoms with van der Waals surface area (Å²) < 4.78 is 14.9. The van der Waals surface area contributed by atoms with Crippen LogP contribution in [0.4, 0.5) is 4.39 Å². The highest BCUT2D eigenvalue weighted by Gasteiger charge is 2.17. The van der Waals surface area contributed by atoms with E-state index in [1.54, 1.807) is 34.2 Å². The summed E-state index contributed by atoms with van der Waals surface area (Å²) in [6.45, 7) is 0.554. The van der Waals surface area contributed by atoms with Crippen LogP contribution in [0.2, 0.25) is 0 Å². The quantitative estimate of drug-likeness (QED) is 0.680. The maximum atomic E-state index is 13.2. The van der Waals surface area contributed by atoms with Gasteiger partial charge in [-0.15, -0.1) is 0 Å². The molecule has 0 radical (unpaired) electrons. The van der Waals surface area contributed by atoms with Gasteiger partial charge in [0.05, 0.1) is 6.20 Å². The minimum Gasteiger partial charge on any atom is -0.350 e. The zero-order chi connectivity index (χ0) is 16.9. The van der Waals surface area contributed by atoms with Gasteiger partial charge < -0.3 is 5.32 Å². The molecule has 0 fully saturated rings. The van der Waals surface area contributed by atoms with Crippen molar-refractivity contribution in [2.75, 3.05) is 12.8 Å². The van der Waals surface area contributed by atoms with Gasteiger partial charge in [-0.2, -0.15) is 11.3 Å². The molecule has 0 saturated heterocycles. The highest BCUT2D eigenvalue weighted by Crippen LogP contribution is 2.22. The number of halogens is 1. The second-order valence-electron chi connectivity index (χ2n) is 5.08. The number of aromatic nitrogens is 2. The smallest absolute Gasteiger partial charge is 0.269 e. The first-order valence-corrected chi connectivity index (χ1v) is 9.52. The van der Waals surface area contributed by atoms with Crippen molar-refractivity contribution in [3.8, 4) is 5.69 Å². The molecule has 3 aromatic rings. The molecule has 0 spiro atoms. The molecule has 2 aromatic heterocycles. The summed E-state index contributed by atoms with van der Waals surface area (Å²) in [5.74, 6) is -0.506. The van der Waals surface area contributed by atoms with E-state index in [9.17, 15) is 9.18 Å². The van der Waals surface area contributed by atoms with Crippen LogP contribution in [0.5, 0.6) is 0 Å². The van der Waals surface area contributed by atoms with E-state index < -0.39 is 0 Å². The van der Waals surface area contributed by atoms with Gasteiger partial charge in [0.25, 0.3) is 5.91 Å². The lowest BCUT2D eigenvalue weighted by Crippen LogP contribution is -2.27. The van der Waals surface area contributed by atoms with Crippen LogP contribution in [0.3, 0.4) is 0 Å². The van der Waals surface area contributed by atoms with Crippen LogP contribution < -0.4 is 5.32 Å². The molecule has 0 bridgehead atoms. The molecule has 0 unspecified atom stereocenters. The van der Waals surface area contributed by atoms with Gasteiger partial charge in [0, 0.05) is 12.2 Å². The third kappa shape index (κ3) is 3.68. The first kappa shape index (κ1) is 16.7. The number of benzene rings is 1. The van der Waals surface area contributed by atoms with Crippen LogP contribution in [-0.4, -0.2) is 28.3 Å². The Morgan fingerprint density at radius 1 is 1.33 bits per heavy atom. The fourth-order valence-corrected chi connectivity index (χ4v) is 3.57. The van der Waals surface area contributed by atoms with Gasteiger partial charge >= 0.3 is 0 Å². The summed E-state index contributed by atoms with van der Waals surface area (Å²) in [4.78, 5) is 16.8. The number of carbonyl (C=O) groups is 1. The zero-order valence-electron chi connectivity index (χ0n) is 13.0. The highest BCUT2D eigenvalue weighted by molar-refractivity contribution is 7.98. The average molecular weight is 361 g/mol. The average Bonchev–Trinajstić information content (AvgIpc) is 3.24. The number of rotatable bonds is 6. The molecular formula is C17H16FN3OS2. The van der Waals surface area contributed by atoms with E-state index in [0.717, 1.165) is 6.42 Å². The van der Waals surface area contributed by atoms with Crippen LogP contribution in [0.25, 0.3) is 5.69 Å². The predicted molar refractivity (Wildman–Crippen MR) is 95.7 cm³/mol. The third-order valence-corrected chi connectivity index (χ3v) is 4.89. The minimum absolute atomic E-state index is 0.192. The Balaban J connectivity index is 1.78. The van der Waals surface area contributed by atoms with Crippen molar-refractivity contribution >= 4 is 29.0 Å². The second kappa shape index (κ2) is 7.63. The van der Waals surface area contributed by atoms with E-state index in [1.165, 1.54) is 29.5 Å². The number of nitrogens with zero attached hydrogens (tertiary/aromatic N) is 2. The van der Waals surface area contributed by atoms with Crippen molar-refractivity contribution in [2.24, 2.45) is 0 Å². The van der Waals surface area contributed by atoms with Crippen LogP contribution in [0, 0.1) is 5.82 Å². The maximum absolute atomic E-state index is 13.2. The number of carbonyl (C=O) groups excluding carboxylic acids is 1. The first-order chi connectivity index (χ1) is 11.7. The molecule has 0 aliphatic rings. The van der Waals surface area contributed by atoms with Crippen molar-refractivity contribution in [3.63, 3.8) is 0 Å². The van der Waals surface area contributed by atoms with E-state index in [0.29, 0.717) is 23.1 Å². The lowest BCUT2D eigenvalue weighted by Gasteiger charge is -2.11. The molecule has 4 nitrogen and oxygen atoms in total. The van der Waals surface area contributed by atoms with Gasteiger partial charge in [0.2, 0.25) is 0 Å². The predicted octanol–water partition coefficient (Wildman–Crippen LogP) is 3.77. The van der Waals surface area contributed by atoms with Crippen molar-refractivity contribution in [1.82, 2.24) is 14.9 Å². The monoisotopic (exact) mass is 361 g/mol. The van der Waals surface area contributed by atoms with Crippen molar-refractivity contribution < 1.29 is 9.18 Å². The summed E-state index contributed by atoms with van der Waals surface area (Å²) >= 11 is 3.08. The number of imidazole rings is 1. The molecule has 1 N–H and O–H groups in total. The maximum Gasteiger partial charge on any atom is 0.269 e. The first-order valence-electron chi connectivity index (χ1n) is 7.36.